The molecule has 0 saturated carbocycles. The van der Waals surface area contributed by atoms with Gasteiger partial charge in [0.1, 0.15) is 5.82 Å². The van der Waals surface area contributed by atoms with Crippen LogP contribution in [0, 0.1) is 5.82 Å². The second-order valence-electron chi connectivity index (χ2n) is 3.17. The number of aromatic nitrogens is 2. The van der Waals surface area contributed by atoms with Crippen molar-refractivity contribution in [2.45, 2.75) is 12.2 Å². The highest BCUT2D eigenvalue weighted by atomic mass is 32.2. The molecule has 1 aromatic heterocycles. The summed E-state index contributed by atoms with van der Waals surface area (Å²) >= 11 is 1.62. The summed E-state index contributed by atoms with van der Waals surface area (Å²) in [6, 6.07) is 3.24. The van der Waals surface area contributed by atoms with Gasteiger partial charge in [-0.1, -0.05) is 0 Å². The molecule has 2 rings (SSSR count). The monoisotopic (exact) mass is 210 g/mol. The number of fused-ring (bicyclic) bond motifs is 1. The molecule has 0 bridgehead atoms. The molecule has 4 heteroatoms. The Morgan fingerprint density at radius 1 is 1.50 bits per heavy atom. The van der Waals surface area contributed by atoms with Gasteiger partial charge in [-0.3, -0.25) is 5.10 Å². The summed E-state index contributed by atoms with van der Waals surface area (Å²) in [5.74, 6) is -0.163. The summed E-state index contributed by atoms with van der Waals surface area (Å²) in [7, 11) is 0. The van der Waals surface area contributed by atoms with Gasteiger partial charge in [-0.25, -0.2) is 4.39 Å². The van der Waals surface area contributed by atoms with Gasteiger partial charge in [-0.2, -0.15) is 16.9 Å². The summed E-state index contributed by atoms with van der Waals surface area (Å²) < 4.78 is 13.6. The van der Waals surface area contributed by atoms with Gasteiger partial charge in [0.05, 0.1) is 11.7 Å². The third-order valence-corrected chi connectivity index (χ3v) is 3.31. The fourth-order valence-corrected chi connectivity index (χ4v) is 1.99. The van der Waals surface area contributed by atoms with Crippen LogP contribution >= 0.6 is 11.8 Å². The summed E-state index contributed by atoms with van der Waals surface area (Å²) in [6.07, 6.45) is 3.69. The maximum Gasteiger partial charge on any atom is 0.129 e. The Morgan fingerprint density at radius 3 is 3.00 bits per heavy atom. The van der Waals surface area contributed by atoms with E-state index in [2.05, 4.69) is 10.2 Å². The number of hydrogen-bond acceptors (Lipinski definition) is 2. The van der Waals surface area contributed by atoms with E-state index < -0.39 is 0 Å². The molecule has 1 aromatic carbocycles. The van der Waals surface area contributed by atoms with E-state index in [9.17, 15) is 4.39 Å². The maximum absolute atomic E-state index is 13.6. The molecule has 2 nitrogen and oxygen atoms in total. The van der Waals surface area contributed by atoms with Crippen LogP contribution in [-0.2, 0) is 0 Å². The van der Waals surface area contributed by atoms with Crippen LogP contribution in [0.15, 0.2) is 18.3 Å². The number of rotatable bonds is 2. The van der Waals surface area contributed by atoms with E-state index >= 15 is 0 Å². The fourth-order valence-electron chi connectivity index (χ4n) is 1.52. The summed E-state index contributed by atoms with van der Waals surface area (Å²) in [5.41, 5.74) is 1.53. The lowest BCUT2D eigenvalue weighted by molar-refractivity contribution is 0.613. The Labute approximate surface area is 85.9 Å². The van der Waals surface area contributed by atoms with Gasteiger partial charge in [-0.05, 0) is 25.3 Å². The lowest BCUT2D eigenvalue weighted by atomic mass is 10.1. The Kier molecular flexibility index (Phi) is 2.46. The molecule has 1 N–H and O–H groups in total. The number of hydrogen-bond donors (Lipinski definition) is 1. The predicted molar refractivity (Wildman–Crippen MR) is 58.0 cm³/mol. The molecule has 1 unspecified atom stereocenters. The zero-order chi connectivity index (χ0) is 10.1. The second-order valence-corrected chi connectivity index (χ2v) is 4.35. The van der Waals surface area contributed by atoms with E-state index in [1.165, 1.54) is 6.07 Å². The molecule has 74 valence electrons. The third kappa shape index (κ3) is 1.39. The van der Waals surface area contributed by atoms with Crippen LogP contribution in [0.3, 0.4) is 0 Å². The molecule has 1 atom stereocenters. The maximum atomic E-state index is 13.6. The van der Waals surface area contributed by atoms with Gasteiger partial charge in [0, 0.05) is 16.2 Å². The Hall–Kier alpha value is -1.03. The first-order chi connectivity index (χ1) is 6.74. The highest BCUT2D eigenvalue weighted by Crippen LogP contribution is 2.32. The molecular weight excluding hydrogens is 199 g/mol. The van der Waals surface area contributed by atoms with E-state index in [1.54, 1.807) is 24.0 Å². The highest BCUT2D eigenvalue weighted by molar-refractivity contribution is 7.98. The smallest absolute Gasteiger partial charge is 0.129 e. The van der Waals surface area contributed by atoms with Gasteiger partial charge < -0.3 is 0 Å². The number of H-pyrrole nitrogens is 1. The van der Waals surface area contributed by atoms with Crippen molar-refractivity contribution in [3.05, 3.63) is 29.7 Å². The quantitative estimate of drug-likeness (QED) is 0.825. The average molecular weight is 210 g/mol. The number of nitrogens with one attached hydrogen (secondary N) is 1. The SMILES string of the molecule is CSC(C)c1c(F)ccc2cn[nH]c12. The fraction of sp³-hybridized carbons (Fsp3) is 0.300. The minimum atomic E-state index is -0.163. The van der Waals surface area contributed by atoms with Crippen LogP contribution in [0.4, 0.5) is 4.39 Å². The molecular formula is C10H11FN2S. The van der Waals surface area contributed by atoms with Gasteiger partial charge in [0.25, 0.3) is 0 Å². The molecule has 2 aromatic rings. The zero-order valence-electron chi connectivity index (χ0n) is 8.04. The number of nitrogens with zero attached hydrogens (tertiary/aromatic N) is 1. The minimum Gasteiger partial charge on any atom is -0.277 e. The van der Waals surface area contributed by atoms with Crippen molar-refractivity contribution >= 4 is 22.7 Å². The van der Waals surface area contributed by atoms with Crippen LogP contribution in [-0.4, -0.2) is 16.5 Å². The summed E-state index contributed by atoms with van der Waals surface area (Å²) in [4.78, 5) is 0. The molecule has 0 aliphatic rings. The molecule has 0 saturated heterocycles. The summed E-state index contributed by atoms with van der Waals surface area (Å²) in [5, 5.41) is 7.86. The van der Waals surface area contributed by atoms with E-state index in [-0.39, 0.29) is 11.1 Å². The van der Waals surface area contributed by atoms with Crippen molar-refractivity contribution in [1.29, 1.82) is 0 Å². The van der Waals surface area contributed by atoms with E-state index in [0.29, 0.717) is 5.56 Å². The van der Waals surface area contributed by atoms with Crippen LogP contribution in [0.2, 0.25) is 0 Å². The standard InChI is InChI=1S/C10H11FN2S/c1-6(14-2)9-8(11)4-3-7-5-12-13-10(7)9/h3-6H,1-2H3,(H,12,13). The molecule has 0 aliphatic carbocycles. The summed E-state index contributed by atoms with van der Waals surface area (Å²) in [6.45, 7) is 1.99. The van der Waals surface area contributed by atoms with E-state index in [0.717, 1.165) is 10.9 Å². The second kappa shape index (κ2) is 3.61. The Bertz CT molecular complexity index is 452. The number of thioether (sulfide) groups is 1. The van der Waals surface area contributed by atoms with Gasteiger partial charge in [0.15, 0.2) is 0 Å². The molecule has 0 fully saturated rings. The van der Waals surface area contributed by atoms with E-state index in [4.69, 9.17) is 0 Å². The lowest BCUT2D eigenvalue weighted by Gasteiger charge is -2.10. The van der Waals surface area contributed by atoms with Crippen LogP contribution in [0.25, 0.3) is 10.9 Å². The third-order valence-electron chi connectivity index (χ3n) is 2.36. The van der Waals surface area contributed by atoms with E-state index in [1.807, 2.05) is 13.2 Å². The zero-order valence-corrected chi connectivity index (χ0v) is 8.86. The van der Waals surface area contributed by atoms with Crippen molar-refractivity contribution < 1.29 is 4.39 Å². The molecule has 0 spiro atoms. The number of halogens is 1. The van der Waals surface area contributed by atoms with Gasteiger partial charge in [-0.15, -0.1) is 0 Å². The van der Waals surface area contributed by atoms with Gasteiger partial charge in [0.2, 0.25) is 0 Å². The number of benzene rings is 1. The number of aromatic amines is 1. The first kappa shape index (κ1) is 9.52. The normalized spacial score (nSPS) is 13.4. The highest BCUT2D eigenvalue weighted by Gasteiger charge is 2.14. The molecule has 0 amide bonds. The predicted octanol–water partition coefficient (Wildman–Crippen LogP) is 3.13. The molecule has 1 heterocycles. The molecule has 0 aliphatic heterocycles. The Morgan fingerprint density at radius 2 is 2.29 bits per heavy atom. The van der Waals surface area contributed by atoms with Crippen molar-refractivity contribution in [2.24, 2.45) is 0 Å². The molecule has 14 heavy (non-hydrogen) atoms. The van der Waals surface area contributed by atoms with Crippen molar-refractivity contribution in [3.63, 3.8) is 0 Å². The van der Waals surface area contributed by atoms with Crippen molar-refractivity contribution in [1.82, 2.24) is 10.2 Å². The lowest BCUT2D eigenvalue weighted by Crippen LogP contribution is -1.94. The van der Waals surface area contributed by atoms with Crippen molar-refractivity contribution in [3.8, 4) is 0 Å². The first-order valence-electron chi connectivity index (χ1n) is 4.38. The first-order valence-corrected chi connectivity index (χ1v) is 5.67. The largest absolute Gasteiger partial charge is 0.277 e. The van der Waals surface area contributed by atoms with Gasteiger partial charge >= 0.3 is 0 Å². The van der Waals surface area contributed by atoms with Crippen LogP contribution in [0.1, 0.15) is 17.7 Å². The Balaban J connectivity index is 2.70. The van der Waals surface area contributed by atoms with Crippen molar-refractivity contribution in [2.75, 3.05) is 6.26 Å². The average Bonchev–Trinajstić information content (AvgIpc) is 2.64. The van der Waals surface area contributed by atoms with Crippen LogP contribution in [0.5, 0.6) is 0 Å². The topological polar surface area (TPSA) is 28.7 Å². The molecule has 0 radical (unpaired) electrons. The van der Waals surface area contributed by atoms with Crippen LogP contribution < -0.4 is 0 Å². The minimum absolute atomic E-state index is 0.138.